The third kappa shape index (κ3) is 8.54. The lowest BCUT2D eigenvalue weighted by Gasteiger charge is -2.30. The molecule has 2 fully saturated rings. The quantitative estimate of drug-likeness (QED) is 0.0997. The maximum Gasteiger partial charge on any atom is 0.407 e. The number of thiophene rings is 2. The predicted octanol–water partition coefficient (Wildman–Crippen LogP) is 9.14. The van der Waals surface area contributed by atoms with Gasteiger partial charge in [-0.05, 0) is 77.5 Å². The van der Waals surface area contributed by atoms with E-state index in [0.29, 0.717) is 13.1 Å². The van der Waals surface area contributed by atoms with Gasteiger partial charge in [0, 0.05) is 32.2 Å². The normalized spacial score (nSPS) is 20.0. The number of H-pyrrole nitrogens is 2. The van der Waals surface area contributed by atoms with Gasteiger partial charge in [0.1, 0.15) is 23.7 Å². The van der Waals surface area contributed by atoms with Gasteiger partial charge in [-0.15, -0.1) is 22.7 Å². The van der Waals surface area contributed by atoms with E-state index in [1.165, 1.54) is 28.5 Å². The van der Waals surface area contributed by atoms with Crippen molar-refractivity contribution in [3.05, 3.63) is 72.4 Å². The zero-order valence-corrected chi connectivity index (χ0v) is 37.9. The Balaban J connectivity index is 0.957. The van der Waals surface area contributed by atoms with E-state index in [4.69, 9.17) is 19.4 Å². The Labute approximate surface area is 368 Å². The summed E-state index contributed by atoms with van der Waals surface area (Å²) in [6, 6.07) is 17.4. The summed E-state index contributed by atoms with van der Waals surface area (Å²) in [6.45, 7) is 13.1. The Morgan fingerprint density at radius 2 is 1.19 bits per heavy atom. The summed E-state index contributed by atoms with van der Waals surface area (Å²) in [5.74, 6) is 1.56. The summed E-state index contributed by atoms with van der Waals surface area (Å²) in [5, 5.41) is 5.45. The second kappa shape index (κ2) is 17.6. The van der Waals surface area contributed by atoms with Crippen molar-refractivity contribution in [3.63, 3.8) is 0 Å². The number of ether oxygens (including phenoxy) is 2. The van der Waals surface area contributed by atoms with Crippen LogP contribution in [0.5, 0.6) is 0 Å². The molecule has 0 bridgehead atoms. The number of likely N-dealkylation sites (tertiary alicyclic amines) is 2. The molecule has 2 saturated heterocycles. The molecular formula is C46H54N8O6S2. The maximum absolute atomic E-state index is 13.8. The number of carbonyl (C=O) groups is 4. The number of benzene rings is 2. The molecule has 0 unspecified atom stereocenters. The molecule has 16 heteroatoms. The summed E-state index contributed by atoms with van der Waals surface area (Å²) in [6.07, 6.45) is 2.14. The zero-order valence-electron chi connectivity index (χ0n) is 36.3. The van der Waals surface area contributed by atoms with Crippen molar-refractivity contribution in [2.24, 2.45) is 23.7 Å². The van der Waals surface area contributed by atoms with Gasteiger partial charge < -0.3 is 39.9 Å². The van der Waals surface area contributed by atoms with Gasteiger partial charge >= 0.3 is 12.2 Å². The topological polar surface area (TPSA) is 175 Å². The summed E-state index contributed by atoms with van der Waals surface area (Å²) >= 11 is 3.52. The van der Waals surface area contributed by atoms with Crippen LogP contribution >= 0.6 is 22.7 Å². The first kappa shape index (κ1) is 42.9. The number of hydrogen-bond donors (Lipinski definition) is 4. The number of alkyl carbamates (subject to hydrolysis) is 2. The van der Waals surface area contributed by atoms with Crippen molar-refractivity contribution in [2.75, 3.05) is 27.3 Å². The van der Waals surface area contributed by atoms with Gasteiger partial charge in [0.05, 0.1) is 49.2 Å². The second-order valence-corrected chi connectivity index (χ2v) is 19.6. The van der Waals surface area contributed by atoms with Crippen molar-refractivity contribution < 1.29 is 28.7 Å². The van der Waals surface area contributed by atoms with E-state index in [0.717, 1.165) is 62.8 Å². The third-order valence-electron chi connectivity index (χ3n) is 12.1. The van der Waals surface area contributed by atoms with Gasteiger partial charge in [0.2, 0.25) is 11.8 Å². The van der Waals surface area contributed by atoms with Crippen LogP contribution in [0.15, 0.2) is 60.8 Å². The number of nitrogens with one attached hydrogen (secondary N) is 4. The van der Waals surface area contributed by atoms with Crippen LogP contribution in [0, 0.1) is 23.7 Å². The number of carbonyl (C=O) groups excluding carboxylic acids is 4. The van der Waals surface area contributed by atoms with Crippen LogP contribution in [0.2, 0.25) is 0 Å². The highest BCUT2D eigenvalue weighted by molar-refractivity contribution is 7.31. The minimum atomic E-state index is -0.697. The van der Waals surface area contributed by atoms with E-state index >= 15 is 0 Å². The van der Waals surface area contributed by atoms with Gasteiger partial charge in [0.25, 0.3) is 0 Å². The standard InChI is InChI=1S/C46H54N8O6S2/c1-23(2)39(51-45(57)59-7)43(55)53-21-25(5)15-33(53)41-47-20-32(50-41)27-9-11-28(12-10-27)35-18-37-38(61-35)19-36(62-37)29-13-14-30-31(17-29)49-42(48-30)34-16-26(6)22-54(34)44(56)40(24(3)4)52-46(58)60-8/h9-14,17-20,23-26,33-34,39-40H,15-16,21-22H2,1-8H3,(H,47,50)(H,48,49)(H,51,57)(H,52,58)/t25-,26-,33-,34-,39-,40-/m0/s1. The molecule has 2 aliphatic rings. The van der Waals surface area contributed by atoms with E-state index < -0.39 is 24.3 Å². The number of methoxy groups -OCH3 is 2. The summed E-state index contributed by atoms with van der Waals surface area (Å²) in [7, 11) is 2.60. The predicted molar refractivity (Wildman–Crippen MR) is 243 cm³/mol. The molecule has 0 saturated carbocycles. The van der Waals surface area contributed by atoms with Gasteiger partial charge in [-0.2, -0.15) is 0 Å². The highest BCUT2D eigenvalue weighted by Crippen LogP contribution is 2.43. The minimum absolute atomic E-state index is 0.110. The molecule has 326 valence electrons. The summed E-state index contributed by atoms with van der Waals surface area (Å²) < 4.78 is 12.0. The maximum atomic E-state index is 13.8. The first-order valence-corrected chi connectivity index (χ1v) is 22.8. The van der Waals surface area contributed by atoms with Crippen LogP contribution in [0.4, 0.5) is 9.59 Å². The Kier molecular flexibility index (Phi) is 12.2. The number of rotatable bonds is 11. The van der Waals surface area contributed by atoms with Crippen LogP contribution in [0.1, 0.15) is 78.1 Å². The van der Waals surface area contributed by atoms with Crippen LogP contribution in [-0.4, -0.2) is 93.1 Å². The molecular weight excluding hydrogens is 825 g/mol. The van der Waals surface area contributed by atoms with E-state index in [1.54, 1.807) is 22.7 Å². The number of imidazole rings is 2. The molecule has 2 aliphatic heterocycles. The third-order valence-corrected chi connectivity index (χ3v) is 14.5. The molecule has 6 heterocycles. The number of aromatic nitrogens is 4. The Bertz CT molecular complexity index is 2580. The fraction of sp³-hybridized carbons (Fsp3) is 0.435. The highest BCUT2D eigenvalue weighted by Gasteiger charge is 2.41. The van der Waals surface area contributed by atoms with E-state index in [2.05, 4.69) is 83.0 Å². The number of nitrogens with zero attached hydrogens (tertiary/aromatic N) is 4. The average molecular weight is 879 g/mol. The van der Waals surface area contributed by atoms with Crippen molar-refractivity contribution in [3.8, 4) is 32.1 Å². The van der Waals surface area contributed by atoms with Gasteiger partial charge in [-0.25, -0.2) is 19.6 Å². The summed E-state index contributed by atoms with van der Waals surface area (Å²) in [5.41, 5.74) is 5.85. The zero-order chi connectivity index (χ0) is 44.0. The number of amides is 4. The second-order valence-electron chi connectivity index (χ2n) is 17.5. The van der Waals surface area contributed by atoms with Crippen molar-refractivity contribution >= 4 is 67.1 Å². The van der Waals surface area contributed by atoms with E-state index in [-0.39, 0.29) is 47.6 Å². The van der Waals surface area contributed by atoms with Gasteiger partial charge in [0.15, 0.2) is 0 Å². The Morgan fingerprint density at radius 3 is 1.73 bits per heavy atom. The smallest absolute Gasteiger partial charge is 0.407 e. The van der Waals surface area contributed by atoms with Gasteiger partial charge in [-0.3, -0.25) is 9.59 Å². The molecule has 0 aliphatic carbocycles. The van der Waals surface area contributed by atoms with Crippen molar-refractivity contribution in [1.29, 1.82) is 0 Å². The first-order chi connectivity index (χ1) is 29.7. The van der Waals surface area contributed by atoms with Crippen LogP contribution in [-0.2, 0) is 19.1 Å². The molecule has 6 aromatic rings. The fourth-order valence-electron chi connectivity index (χ4n) is 8.78. The lowest BCUT2D eigenvalue weighted by atomic mass is 10.0. The van der Waals surface area contributed by atoms with E-state index in [1.807, 2.05) is 49.8 Å². The van der Waals surface area contributed by atoms with Crippen molar-refractivity contribution in [1.82, 2.24) is 40.4 Å². The highest BCUT2D eigenvalue weighted by atomic mass is 32.1. The molecule has 2 aromatic carbocycles. The number of hydrogen-bond acceptors (Lipinski definition) is 10. The molecule has 14 nitrogen and oxygen atoms in total. The Hall–Kier alpha value is -5.74. The van der Waals surface area contributed by atoms with E-state index in [9.17, 15) is 19.2 Å². The number of fused-ring (bicyclic) bond motifs is 2. The monoisotopic (exact) mass is 878 g/mol. The van der Waals surface area contributed by atoms with Crippen LogP contribution < -0.4 is 10.6 Å². The van der Waals surface area contributed by atoms with Crippen molar-refractivity contribution in [2.45, 2.75) is 78.6 Å². The minimum Gasteiger partial charge on any atom is -0.453 e. The summed E-state index contributed by atoms with van der Waals surface area (Å²) in [4.78, 5) is 74.4. The van der Waals surface area contributed by atoms with Crippen LogP contribution in [0.25, 0.3) is 52.6 Å². The lowest BCUT2D eigenvalue weighted by Crippen LogP contribution is -2.51. The largest absolute Gasteiger partial charge is 0.453 e. The molecule has 0 radical (unpaired) electrons. The SMILES string of the molecule is COC(=O)N[C@H](C(=O)N1C[C@@H](C)C[C@H]1c1ncc(-c2ccc(-c3cc4sc(-c5ccc6nc([C@@H]7C[C@H](C)CN7C(=O)[C@@H](NC(=O)OC)C(C)C)[nH]c6c5)cc4s3)cc2)[nH]1)C(C)C. The molecule has 6 atom stereocenters. The average Bonchev–Trinajstić information content (AvgIpc) is 4.11. The lowest BCUT2D eigenvalue weighted by molar-refractivity contribution is -0.136. The number of aromatic amines is 2. The molecule has 0 spiro atoms. The molecule has 4 amide bonds. The van der Waals surface area contributed by atoms with Crippen LogP contribution in [0.3, 0.4) is 0 Å². The fourth-order valence-corrected chi connectivity index (χ4v) is 11.2. The molecule has 4 aromatic heterocycles. The molecule has 8 rings (SSSR count). The first-order valence-electron chi connectivity index (χ1n) is 21.2. The Morgan fingerprint density at radius 1 is 0.694 bits per heavy atom. The molecule has 62 heavy (non-hydrogen) atoms. The van der Waals surface area contributed by atoms with Gasteiger partial charge in [-0.1, -0.05) is 71.9 Å². The molecule has 4 N–H and O–H groups in total.